The van der Waals surface area contributed by atoms with Crippen LogP contribution in [0.4, 0.5) is 5.82 Å². The quantitative estimate of drug-likeness (QED) is 0.407. The van der Waals surface area contributed by atoms with Gasteiger partial charge >= 0.3 is 0 Å². The van der Waals surface area contributed by atoms with E-state index in [1.54, 1.807) is 36.4 Å². The number of nitrogens with zero attached hydrogens (tertiary/aromatic N) is 4. The fraction of sp³-hybridized carbons (Fsp3) is 0.375. The molecule has 0 saturated carbocycles. The molecule has 3 aromatic rings. The van der Waals surface area contributed by atoms with Gasteiger partial charge in [-0.3, -0.25) is 9.59 Å². The summed E-state index contributed by atoms with van der Waals surface area (Å²) in [6.45, 7) is 5.65. The van der Waals surface area contributed by atoms with E-state index < -0.39 is 10.0 Å². The molecule has 0 aliphatic carbocycles. The van der Waals surface area contributed by atoms with Crippen molar-refractivity contribution >= 4 is 44.3 Å². The maximum Gasteiger partial charge on any atom is 0.266 e. The summed E-state index contributed by atoms with van der Waals surface area (Å²) < 4.78 is 29.5. The number of anilines is 1. The fourth-order valence-electron chi connectivity index (χ4n) is 4.36. The molecular formula is C24H29ClN6O4S. The van der Waals surface area contributed by atoms with E-state index in [0.717, 1.165) is 5.39 Å². The molecule has 2 N–H and O–H groups in total. The van der Waals surface area contributed by atoms with E-state index in [9.17, 15) is 18.0 Å². The predicted molar refractivity (Wildman–Crippen MR) is 140 cm³/mol. The molecule has 12 heteroatoms. The number of benzene rings is 1. The number of rotatable bonds is 9. The van der Waals surface area contributed by atoms with Gasteiger partial charge in [0.2, 0.25) is 15.9 Å². The molecule has 4 rings (SSSR count). The molecular weight excluding hydrogens is 504 g/mol. The number of aromatic nitrogens is 3. The van der Waals surface area contributed by atoms with E-state index in [1.165, 1.54) is 22.9 Å². The van der Waals surface area contributed by atoms with Crippen molar-refractivity contribution in [3.63, 3.8) is 0 Å². The third-order valence-electron chi connectivity index (χ3n) is 6.36. The second-order valence-corrected chi connectivity index (χ2v) is 10.9. The molecule has 36 heavy (non-hydrogen) atoms. The summed E-state index contributed by atoms with van der Waals surface area (Å²) in [6.07, 6.45) is 4.53. The molecule has 1 aliphatic rings. The van der Waals surface area contributed by atoms with Gasteiger partial charge in [0.15, 0.2) is 0 Å². The third-order valence-corrected chi connectivity index (χ3v) is 8.13. The Morgan fingerprint density at radius 3 is 2.75 bits per heavy atom. The fourth-order valence-corrected chi connectivity index (χ4v) is 5.62. The van der Waals surface area contributed by atoms with Gasteiger partial charge in [-0.15, -0.1) is 6.58 Å². The Hall–Kier alpha value is -3.15. The van der Waals surface area contributed by atoms with Crippen LogP contribution in [0, 0.1) is 5.92 Å². The molecule has 2 aromatic heterocycles. The minimum Gasteiger partial charge on any atom is -0.360 e. The van der Waals surface area contributed by atoms with Crippen molar-refractivity contribution in [3.05, 3.63) is 64.6 Å². The molecule has 1 fully saturated rings. The maximum atomic E-state index is 13.2. The van der Waals surface area contributed by atoms with Crippen LogP contribution >= 0.6 is 11.6 Å². The Kier molecular flexibility index (Phi) is 7.82. The average Bonchev–Trinajstić information content (AvgIpc) is 3.25. The molecule has 0 unspecified atom stereocenters. The van der Waals surface area contributed by atoms with Crippen LogP contribution in [0.1, 0.15) is 12.8 Å². The molecule has 0 spiro atoms. The molecule has 10 nitrogen and oxygen atoms in total. The van der Waals surface area contributed by atoms with Crippen LogP contribution in [0.2, 0.25) is 5.02 Å². The standard InChI is InChI=1S/C24H29ClN6O4S/c1-3-11-31(14-10-27-36(34,35)18-4-5-19-20(25)16-26-21(19)15-18)24(33)17-8-12-30(13-9-17)22-6-7-23(32)29(2)28-22/h3-7,15-17,26-27H,1,8-14H2,2H3. The van der Waals surface area contributed by atoms with Gasteiger partial charge in [0.1, 0.15) is 5.82 Å². The molecule has 1 aromatic carbocycles. The number of amides is 1. The zero-order chi connectivity index (χ0) is 25.9. The number of nitrogens with one attached hydrogen (secondary N) is 2. The lowest BCUT2D eigenvalue weighted by atomic mass is 9.95. The van der Waals surface area contributed by atoms with Crippen LogP contribution in [-0.2, 0) is 21.9 Å². The minimum absolute atomic E-state index is 0.0235. The van der Waals surface area contributed by atoms with Crippen LogP contribution in [0.3, 0.4) is 0 Å². The topological polar surface area (TPSA) is 120 Å². The Balaban J connectivity index is 1.34. The van der Waals surface area contributed by atoms with Crippen molar-refractivity contribution in [2.75, 3.05) is 37.6 Å². The summed E-state index contributed by atoms with van der Waals surface area (Å²) in [5.41, 5.74) is 0.458. The van der Waals surface area contributed by atoms with Crippen molar-refractivity contribution in [2.45, 2.75) is 17.7 Å². The second-order valence-electron chi connectivity index (χ2n) is 8.73. The van der Waals surface area contributed by atoms with Gasteiger partial charge in [-0.05, 0) is 37.1 Å². The zero-order valence-electron chi connectivity index (χ0n) is 20.0. The van der Waals surface area contributed by atoms with Crippen molar-refractivity contribution in [3.8, 4) is 0 Å². The molecule has 0 radical (unpaired) electrons. The average molecular weight is 533 g/mol. The number of aromatic amines is 1. The van der Waals surface area contributed by atoms with E-state index in [0.29, 0.717) is 48.8 Å². The molecule has 192 valence electrons. The van der Waals surface area contributed by atoms with Gasteiger partial charge in [0.05, 0.1) is 9.92 Å². The van der Waals surface area contributed by atoms with Gasteiger partial charge in [-0.25, -0.2) is 17.8 Å². The summed E-state index contributed by atoms with van der Waals surface area (Å²) in [5, 5.41) is 5.56. The smallest absolute Gasteiger partial charge is 0.266 e. The largest absolute Gasteiger partial charge is 0.360 e. The lowest BCUT2D eigenvalue weighted by Gasteiger charge is -2.34. The Morgan fingerprint density at radius 2 is 2.06 bits per heavy atom. The van der Waals surface area contributed by atoms with Crippen molar-refractivity contribution in [1.29, 1.82) is 0 Å². The number of hydrogen-bond acceptors (Lipinski definition) is 6. The summed E-state index contributed by atoms with van der Waals surface area (Å²) in [4.78, 5) is 31.6. The van der Waals surface area contributed by atoms with Crippen LogP contribution in [0.5, 0.6) is 0 Å². The van der Waals surface area contributed by atoms with Crippen LogP contribution in [0.15, 0.2) is 58.9 Å². The van der Waals surface area contributed by atoms with E-state index in [1.807, 2.05) is 0 Å². The number of carbonyl (C=O) groups is 1. The lowest BCUT2D eigenvalue weighted by molar-refractivity contribution is -0.135. The number of aryl methyl sites for hydroxylation is 1. The van der Waals surface area contributed by atoms with E-state index in [4.69, 9.17) is 11.6 Å². The molecule has 1 aliphatic heterocycles. The molecule has 3 heterocycles. The first-order valence-electron chi connectivity index (χ1n) is 11.6. The van der Waals surface area contributed by atoms with Gasteiger partial charge in [-0.1, -0.05) is 17.7 Å². The number of H-pyrrole nitrogens is 1. The van der Waals surface area contributed by atoms with Gasteiger partial charge < -0.3 is 14.8 Å². The van der Waals surface area contributed by atoms with E-state index in [-0.39, 0.29) is 35.4 Å². The normalized spacial score (nSPS) is 14.8. The third kappa shape index (κ3) is 5.63. The van der Waals surface area contributed by atoms with Crippen molar-refractivity contribution in [1.82, 2.24) is 24.4 Å². The highest BCUT2D eigenvalue weighted by atomic mass is 35.5. The van der Waals surface area contributed by atoms with Gasteiger partial charge in [-0.2, -0.15) is 5.10 Å². The van der Waals surface area contributed by atoms with E-state index >= 15 is 0 Å². The lowest BCUT2D eigenvalue weighted by Crippen LogP contribution is -2.45. The summed E-state index contributed by atoms with van der Waals surface area (Å²) in [5.74, 6) is 0.509. The Labute approximate surface area is 214 Å². The number of sulfonamides is 1. The summed E-state index contributed by atoms with van der Waals surface area (Å²) in [6, 6.07) is 7.88. The van der Waals surface area contributed by atoms with Crippen LogP contribution in [0.25, 0.3) is 10.9 Å². The van der Waals surface area contributed by atoms with Crippen molar-refractivity contribution < 1.29 is 13.2 Å². The molecule has 1 amide bonds. The summed E-state index contributed by atoms with van der Waals surface area (Å²) in [7, 11) is -2.15. The van der Waals surface area contributed by atoms with Gasteiger partial charge in [0, 0.05) is 68.9 Å². The number of hydrogen-bond donors (Lipinski definition) is 2. The maximum absolute atomic E-state index is 13.2. The van der Waals surface area contributed by atoms with Crippen molar-refractivity contribution in [2.24, 2.45) is 13.0 Å². The van der Waals surface area contributed by atoms with Crippen LogP contribution < -0.4 is 15.2 Å². The van der Waals surface area contributed by atoms with Gasteiger partial charge in [0.25, 0.3) is 5.56 Å². The zero-order valence-corrected chi connectivity index (χ0v) is 21.6. The predicted octanol–water partition coefficient (Wildman–Crippen LogP) is 2.12. The first-order chi connectivity index (χ1) is 17.2. The Bertz CT molecular complexity index is 1430. The highest BCUT2D eigenvalue weighted by Gasteiger charge is 2.29. The summed E-state index contributed by atoms with van der Waals surface area (Å²) >= 11 is 6.07. The molecule has 0 atom stereocenters. The Morgan fingerprint density at radius 1 is 1.31 bits per heavy atom. The first kappa shape index (κ1) is 25.9. The second kappa shape index (κ2) is 10.9. The number of piperidine rings is 1. The number of halogens is 1. The molecule has 1 saturated heterocycles. The monoisotopic (exact) mass is 532 g/mol. The highest BCUT2D eigenvalue weighted by molar-refractivity contribution is 7.89. The van der Waals surface area contributed by atoms with E-state index in [2.05, 4.69) is 26.3 Å². The SMILES string of the molecule is C=CCN(CCNS(=O)(=O)c1ccc2c(Cl)c[nH]c2c1)C(=O)C1CCN(c2ccc(=O)n(C)n2)CC1. The molecule has 0 bridgehead atoms. The number of carbonyl (C=O) groups excluding carboxylic acids is 1. The highest BCUT2D eigenvalue weighted by Crippen LogP contribution is 2.25. The minimum atomic E-state index is -3.76. The van der Waals surface area contributed by atoms with Crippen LogP contribution in [-0.4, -0.2) is 66.7 Å². The number of fused-ring (bicyclic) bond motifs is 1. The first-order valence-corrected chi connectivity index (χ1v) is 13.5.